The highest BCUT2D eigenvalue weighted by molar-refractivity contribution is 6.02. The van der Waals surface area contributed by atoms with Crippen molar-refractivity contribution in [2.24, 2.45) is 0 Å². The Hall–Kier alpha value is -2.37. The molecule has 0 aliphatic carbocycles. The van der Waals surface area contributed by atoms with E-state index < -0.39 is 0 Å². The highest BCUT2D eigenvalue weighted by atomic mass is 16.2. The molecule has 3 heterocycles. The van der Waals surface area contributed by atoms with Crippen molar-refractivity contribution in [3.05, 3.63) is 35.9 Å². The molecule has 2 amide bonds. The van der Waals surface area contributed by atoms with Gasteiger partial charge < -0.3 is 9.80 Å². The maximum absolute atomic E-state index is 12.9. The number of nitrogens with zero attached hydrogens (tertiary/aromatic N) is 4. The van der Waals surface area contributed by atoms with Crippen LogP contribution in [-0.4, -0.2) is 57.2 Å². The van der Waals surface area contributed by atoms with Crippen molar-refractivity contribution in [3.8, 4) is 0 Å². The number of piperidine rings is 1. The number of aromatic nitrogens is 2. The van der Waals surface area contributed by atoms with Gasteiger partial charge in [0, 0.05) is 32.4 Å². The van der Waals surface area contributed by atoms with Gasteiger partial charge in [0.2, 0.25) is 5.82 Å². The van der Waals surface area contributed by atoms with Crippen molar-refractivity contribution >= 4 is 17.3 Å². The second-order valence-corrected chi connectivity index (χ2v) is 6.07. The van der Waals surface area contributed by atoms with E-state index in [1.54, 1.807) is 15.5 Å². The van der Waals surface area contributed by atoms with Crippen molar-refractivity contribution in [2.75, 3.05) is 26.2 Å². The Morgan fingerprint density at radius 2 is 1.83 bits per heavy atom. The minimum atomic E-state index is -0.140. The maximum atomic E-state index is 12.9. The molecule has 2 aromatic rings. The van der Waals surface area contributed by atoms with Gasteiger partial charge in [-0.15, -0.1) is 0 Å². The smallest absolute Gasteiger partial charge is 0.290 e. The van der Waals surface area contributed by atoms with E-state index in [1.807, 2.05) is 36.9 Å². The van der Waals surface area contributed by atoms with Gasteiger partial charge >= 0.3 is 0 Å². The molecule has 1 aliphatic heterocycles. The second-order valence-electron chi connectivity index (χ2n) is 6.07. The minimum absolute atomic E-state index is 0.0722. The van der Waals surface area contributed by atoms with Gasteiger partial charge in [-0.05, 0) is 45.2 Å². The van der Waals surface area contributed by atoms with Crippen molar-refractivity contribution in [1.29, 1.82) is 0 Å². The average Bonchev–Trinajstić information content (AvgIpc) is 3.02. The third-order valence-corrected chi connectivity index (χ3v) is 4.64. The van der Waals surface area contributed by atoms with Gasteiger partial charge in [0.05, 0.1) is 5.52 Å². The largest absolute Gasteiger partial charge is 0.337 e. The van der Waals surface area contributed by atoms with E-state index in [4.69, 9.17) is 0 Å². The van der Waals surface area contributed by atoms with Crippen LogP contribution in [0.15, 0.2) is 24.4 Å². The Morgan fingerprint density at radius 1 is 1.12 bits per heavy atom. The molecule has 0 aromatic carbocycles. The van der Waals surface area contributed by atoms with Crippen molar-refractivity contribution in [1.82, 2.24) is 19.2 Å². The number of carbonyl (C=O) groups is 2. The maximum Gasteiger partial charge on any atom is 0.290 e. The van der Waals surface area contributed by atoms with E-state index in [9.17, 15) is 9.59 Å². The average molecular weight is 328 g/mol. The van der Waals surface area contributed by atoms with Crippen LogP contribution in [0.3, 0.4) is 0 Å². The van der Waals surface area contributed by atoms with Crippen LogP contribution in [0, 0.1) is 0 Å². The zero-order chi connectivity index (χ0) is 17.1. The molecule has 0 bridgehead atoms. The summed E-state index contributed by atoms with van der Waals surface area (Å²) in [5, 5.41) is 0. The predicted molar refractivity (Wildman–Crippen MR) is 92.2 cm³/mol. The predicted octanol–water partition coefficient (Wildman–Crippen LogP) is 2.44. The summed E-state index contributed by atoms with van der Waals surface area (Å²) in [7, 11) is 0. The molecule has 0 atom stereocenters. The van der Waals surface area contributed by atoms with Crippen molar-refractivity contribution in [2.45, 2.75) is 33.1 Å². The van der Waals surface area contributed by atoms with Gasteiger partial charge in [-0.3, -0.25) is 14.0 Å². The number of fused-ring (bicyclic) bond motifs is 1. The van der Waals surface area contributed by atoms with Gasteiger partial charge in [-0.2, -0.15) is 0 Å². The second kappa shape index (κ2) is 7.03. The summed E-state index contributed by atoms with van der Waals surface area (Å²) < 4.78 is 1.73. The minimum Gasteiger partial charge on any atom is -0.337 e. The third kappa shape index (κ3) is 2.88. The first-order chi connectivity index (χ1) is 11.7. The summed E-state index contributed by atoms with van der Waals surface area (Å²) >= 11 is 0. The topological polar surface area (TPSA) is 57.9 Å². The number of likely N-dealkylation sites (tertiary alicyclic amines) is 1. The van der Waals surface area contributed by atoms with Crippen LogP contribution >= 0.6 is 0 Å². The first-order valence-corrected chi connectivity index (χ1v) is 8.73. The Bertz CT molecular complexity index is 743. The number of rotatable bonds is 4. The van der Waals surface area contributed by atoms with Crippen LogP contribution in [0.1, 0.15) is 54.2 Å². The lowest BCUT2D eigenvalue weighted by molar-refractivity contribution is 0.0720. The summed E-state index contributed by atoms with van der Waals surface area (Å²) in [5.74, 6) is 0.102. The molecular weight excluding hydrogens is 304 g/mol. The fourth-order valence-corrected chi connectivity index (χ4v) is 3.25. The van der Waals surface area contributed by atoms with Crippen LogP contribution in [0.4, 0.5) is 0 Å². The Labute approximate surface area is 142 Å². The zero-order valence-corrected chi connectivity index (χ0v) is 14.4. The molecule has 1 fully saturated rings. The highest BCUT2D eigenvalue weighted by Gasteiger charge is 2.27. The SMILES string of the molecule is CCN(CC)C(=O)c1nc(C(=O)N2CCCCC2)c2ccccn12. The summed E-state index contributed by atoms with van der Waals surface area (Å²) in [6, 6.07) is 5.57. The molecule has 0 radical (unpaired) electrons. The summed E-state index contributed by atoms with van der Waals surface area (Å²) in [6.45, 7) is 6.65. The first kappa shape index (κ1) is 16.5. The number of imidazole rings is 1. The zero-order valence-electron chi connectivity index (χ0n) is 14.4. The lowest BCUT2D eigenvalue weighted by Gasteiger charge is -2.25. The van der Waals surface area contributed by atoms with Gasteiger partial charge in [-0.1, -0.05) is 6.07 Å². The normalized spacial score (nSPS) is 14.8. The highest BCUT2D eigenvalue weighted by Crippen LogP contribution is 2.19. The van der Waals surface area contributed by atoms with Crippen LogP contribution in [0.5, 0.6) is 0 Å². The fraction of sp³-hybridized carbons (Fsp3) is 0.500. The molecule has 0 saturated carbocycles. The van der Waals surface area contributed by atoms with E-state index in [0.717, 1.165) is 25.9 Å². The van der Waals surface area contributed by atoms with Crippen LogP contribution in [-0.2, 0) is 0 Å². The monoisotopic (exact) mass is 328 g/mol. The summed E-state index contributed by atoms with van der Waals surface area (Å²) in [6.07, 6.45) is 5.02. The van der Waals surface area contributed by atoms with Gasteiger partial charge in [0.1, 0.15) is 0 Å². The first-order valence-electron chi connectivity index (χ1n) is 8.73. The molecule has 1 aliphatic rings. The molecule has 0 spiro atoms. The molecule has 0 N–H and O–H groups in total. The number of hydrogen-bond acceptors (Lipinski definition) is 3. The van der Waals surface area contributed by atoms with E-state index >= 15 is 0 Å². The number of hydrogen-bond donors (Lipinski definition) is 0. The van der Waals surface area contributed by atoms with Gasteiger partial charge in [0.25, 0.3) is 11.8 Å². The Kier molecular flexibility index (Phi) is 4.83. The quantitative estimate of drug-likeness (QED) is 0.866. The molecule has 2 aromatic heterocycles. The number of pyridine rings is 1. The van der Waals surface area contributed by atoms with Gasteiger partial charge in [-0.25, -0.2) is 4.98 Å². The molecule has 128 valence electrons. The Balaban J connectivity index is 2.03. The summed E-state index contributed by atoms with van der Waals surface area (Å²) in [5.41, 5.74) is 1.08. The van der Waals surface area contributed by atoms with E-state index in [1.165, 1.54) is 6.42 Å². The van der Waals surface area contributed by atoms with Crippen LogP contribution in [0.2, 0.25) is 0 Å². The molecule has 3 rings (SSSR count). The van der Waals surface area contributed by atoms with Crippen LogP contribution < -0.4 is 0 Å². The molecule has 24 heavy (non-hydrogen) atoms. The van der Waals surface area contributed by atoms with Crippen LogP contribution in [0.25, 0.3) is 5.52 Å². The van der Waals surface area contributed by atoms with E-state index in [0.29, 0.717) is 30.1 Å². The van der Waals surface area contributed by atoms with E-state index in [2.05, 4.69) is 4.98 Å². The molecule has 6 heteroatoms. The summed E-state index contributed by atoms with van der Waals surface area (Å²) in [4.78, 5) is 33.7. The third-order valence-electron chi connectivity index (χ3n) is 4.64. The standard InChI is InChI=1S/C18H24N4O2/c1-3-20(4-2)18(24)16-19-15(14-10-6-9-13-22(14)16)17(23)21-11-7-5-8-12-21/h6,9-10,13H,3-5,7-8,11-12H2,1-2H3. The lowest BCUT2D eigenvalue weighted by Crippen LogP contribution is -2.36. The van der Waals surface area contributed by atoms with Crippen molar-refractivity contribution in [3.63, 3.8) is 0 Å². The number of amides is 2. The van der Waals surface area contributed by atoms with Gasteiger partial charge in [0.15, 0.2) is 5.69 Å². The molecule has 6 nitrogen and oxygen atoms in total. The van der Waals surface area contributed by atoms with Crippen molar-refractivity contribution < 1.29 is 9.59 Å². The lowest BCUT2D eigenvalue weighted by atomic mass is 10.1. The molecule has 0 unspecified atom stereocenters. The molecule has 1 saturated heterocycles. The van der Waals surface area contributed by atoms with E-state index in [-0.39, 0.29) is 11.8 Å². The number of carbonyl (C=O) groups excluding carboxylic acids is 2. The molecular formula is C18H24N4O2. The Morgan fingerprint density at radius 3 is 2.50 bits per heavy atom. The fourth-order valence-electron chi connectivity index (χ4n) is 3.25.